The zero-order chi connectivity index (χ0) is 25.6. The van der Waals surface area contributed by atoms with Crippen molar-refractivity contribution in [2.45, 2.75) is 6.54 Å². The molecule has 186 valence electrons. The number of nitrogens with two attached hydrogens (primary N) is 1. The molecule has 0 saturated carbocycles. The summed E-state index contributed by atoms with van der Waals surface area (Å²) in [5.74, 6) is -0.382. The maximum absolute atomic E-state index is 12.9. The summed E-state index contributed by atoms with van der Waals surface area (Å²) in [4.78, 5) is 31.6. The molecule has 5 rings (SSSR count). The molecule has 1 fully saturated rings. The fourth-order valence-electron chi connectivity index (χ4n) is 4.80. The summed E-state index contributed by atoms with van der Waals surface area (Å²) in [7, 11) is 0. The number of para-hydroxylation sites is 2. The molecule has 0 spiro atoms. The molecule has 0 bridgehead atoms. The largest absolute Gasteiger partial charge is 0.368 e. The number of primary amides is 1. The van der Waals surface area contributed by atoms with Gasteiger partial charge in [-0.05, 0) is 60.2 Å². The van der Waals surface area contributed by atoms with Crippen LogP contribution in [0.3, 0.4) is 0 Å². The van der Waals surface area contributed by atoms with Crippen LogP contribution in [0.4, 0.5) is 17.1 Å². The summed E-state index contributed by atoms with van der Waals surface area (Å²) < 4.78 is 0. The standard InChI is InChI=1S/C31H30N4O2/c32-30(36)29-17-16-28(33-18-20-34(21-19-33)31(37)24-10-4-1-5-11-24)22-25(29)23-35(26-12-6-2-7-13-26)27-14-8-3-9-15-27/h1-17,22H,18-21,23H2,(H2,32,36). The van der Waals surface area contributed by atoms with E-state index in [0.717, 1.165) is 35.7 Å². The highest BCUT2D eigenvalue weighted by Gasteiger charge is 2.23. The van der Waals surface area contributed by atoms with Gasteiger partial charge >= 0.3 is 0 Å². The number of hydrogen-bond donors (Lipinski definition) is 1. The number of carbonyl (C=O) groups is 2. The number of piperazine rings is 1. The molecule has 0 aromatic heterocycles. The van der Waals surface area contributed by atoms with Gasteiger partial charge < -0.3 is 20.4 Å². The Labute approximate surface area is 217 Å². The summed E-state index contributed by atoms with van der Waals surface area (Å²) in [5.41, 5.74) is 11.0. The van der Waals surface area contributed by atoms with Crippen molar-refractivity contribution in [2.24, 2.45) is 5.73 Å². The lowest BCUT2D eigenvalue weighted by molar-refractivity contribution is 0.0746. The molecule has 4 aromatic rings. The second-order valence-electron chi connectivity index (χ2n) is 9.11. The van der Waals surface area contributed by atoms with Gasteiger partial charge in [-0.3, -0.25) is 9.59 Å². The van der Waals surface area contributed by atoms with Crippen LogP contribution < -0.4 is 15.5 Å². The molecular formula is C31H30N4O2. The molecule has 0 radical (unpaired) electrons. The highest BCUT2D eigenvalue weighted by atomic mass is 16.2. The van der Waals surface area contributed by atoms with Crippen molar-refractivity contribution < 1.29 is 9.59 Å². The van der Waals surface area contributed by atoms with Gasteiger partial charge in [-0.15, -0.1) is 0 Å². The lowest BCUT2D eigenvalue weighted by Crippen LogP contribution is -2.48. The summed E-state index contributed by atoms with van der Waals surface area (Å²) in [6.07, 6.45) is 0. The van der Waals surface area contributed by atoms with E-state index in [4.69, 9.17) is 5.73 Å². The van der Waals surface area contributed by atoms with Crippen molar-refractivity contribution in [1.82, 2.24) is 4.90 Å². The fourth-order valence-corrected chi connectivity index (χ4v) is 4.80. The second-order valence-corrected chi connectivity index (χ2v) is 9.11. The fraction of sp³-hybridized carbons (Fsp3) is 0.161. The van der Waals surface area contributed by atoms with Gasteiger partial charge in [0.1, 0.15) is 0 Å². The Hall–Kier alpha value is -4.58. The smallest absolute Gasteiger partial charge is 0.253 e. The lowest BCUT2D eigenvalue weighted by atomic mass is 10.0. The topological polar surface area (TPSA) is 69.9 Å². The van der Waals surface area contributed by atoms with Gasteiger partial charge in [0.25, 0.3) is 5.91 Å². The van der Waals surface area contributed by atoms with Crippen LogP contribution in [0.5, 0.6) is 0 Å². The van der Waals surface area contributed by atoms with Crippen molar-refractivity contribution in [3.63, 3.8) is 0 Å². The predicted octanol–water partition coefficient (Wildman–Crippen LogP) is 5.09. The minimum atomic E-state index is -0.444. The number of hydrogen-bond acceptors (Lipinski definition) is 4. The predicted molar refractivity (Wildman–Crippen MR) is 148 cm³/mol. The average Bonchev–Trinajstić information content (AvgIpc) is 2.97. The van der Waals surface area contributed by atoms with Crippen LogP contribution in [0.1, 0.15) is 26.3 Å². The molecule has 6 heteroatoms. The number of amides is 2. The summed E-state index contributed by atoms with van der Waals surface area (Å²) in [5, 5.41) is 0. The summed E-state index contributed by atoms with van der Waals surface area (Å²) in [6, 6.07) is 35.5. The van der Waals surface area contributed by atoms with Crippen LogP contribution in [-0.2, 0) is 6.54 Å². The highest BCUT2D eigenvalue weighted by Crippen LogP contribution is 2.30. The maximum atomic E-state index is 12.9. The molecule has 0 aliphatic carbocycles. The van der Waals surface area contributed by atoms with Crippen molar-refractivity contribution in [1.29, 1.82) is 0 Å². The first-order valence-electron chi connectivity index (χ1n) is 12.5. The number of nitrogens with zero attached hydrogens (tertiary/aromatic N) is 3. The monoisotopic (exact) mass is 490 g/mol. The van der Waals surface area contributed by atoms with Crippen LogP contribution >= 0.6 is 0 Å². The van der Waals surface area contributed by atoms with Crippen LogP contribution in [0.15, 0.2) is 109 Å². The Morgan fingerprint density at radius 2 is 1.24 bits per heavy atom. The van der Waals surface area contributed by atoms with Crippen LogP contribution in [-0.4, -0.2) is 42.9 Å². The van der Waals surface area contributed by atoms with Gasteiger partial charge in [-0.2, -0.15) is 0 Å². The van der Waals surface area contributed by atoms with Crippen LogP contribution in [0.2, 0.25) is 0 Å². The van der Waals surface area contributed by atoms with E-state index in [0.29, 0.717) is 30.8 Å². The first kappa shape index (κ1) is 24.1. The van der Waals surface area contributed by atoms with Gasteiger partial charge in [0, 0.05) is 60.9 Å². The zero-order valence-electron chi connectivity index (χ0n) is 20.7. The molecule has 1 aliphatic heterocycles. The molecule has 1 aliphatic rings. The zero-order valence-corrected chi connectivity index (χ0v) is 20.7. The van der Waals surface area contributed by atoms with Gasteiger partial charge in [-0.25, -0.2) is 0 Å². The molecule has 37 heavy (non-hydrogen) atoms. The summed E-state index contributed by atoms with van der Waals surface area (Å²) >= 11 is 0. The number of carbonyl (C=O) groups excluding carboxylic acids is 2. The normalized spacial score (nSPS) is 13.3. The van der Waals surface area contributed by atoms with Crippen LogP contribution in [0, 0.1) is 0 Å². The molecule has 2 amide bonds. The van der Waals surface area contributed by atoms with E-state index in [1.807, 2.05) is 83.8 Å². The highest BCUT2D eigenvalue weighted by molar-refractivity contribution is 5.95. The Morgan fingerprint density at radius 1 is 0.703 bits per heavy atom. The van der Waals surface area contributed by atoms with Crippen molar-refractivity contribution in [3.05, 3.63) is 126 Å². The molecule has 6 nitrogen and oxygen atoms in total. The van der Waals surface area contributed by atoms with E-state index in [1.54, 1.807) is 0 Å². The second kappa shape index (κ2) is 11.0. The van der Waals surface area contributed by atoms with E-state index in [1.165, 1.54) is 0 Å². The van der Waals surface area contributed by atoms with E-state index in [2.05, 4.69) is 40.1 Å². The minimum absolute atomic E-state index is 0.0615. The Balaban J connectivity index is 1.39. The molecule has 4 aromatic carbocycles. The lowest BCUT2D eigenvalue weighted by Gasteiger charge is -2.36. The first-order valence-corrected chi connectivity index (χ1v) is 12.5. The first-order chi connectivity index (χ1) is 18.1. The van der Waals surface area contributed by atoms with Gasteiger partial charge in [0.05, 0.1) is 0 Å². The van der Waals surface area contributed by atoms with Gasteiger partial charge in [0.15, 0.2) is 0 Å². The van der Waals surface area contributed by atoms with Crippen LogP contribution in [0.25, 0.3) is 0 Å². The van der Waals surface area contributed by atoms with E-state index in [9.17, 15) is 9.59 Å². The minimum Gasteiger partial charge on any atom is -0.368 e. The molecule has 2 N–H and O–H groups in total. The van der Waals surface area contributed by atoms with Gasteiger partial charge in [-0.1, -0.05) is 54.6 Å². The van der Waals surface area contributed by atoms with Gasteiger partial charge in [0.2, 0.25) is 5.91 Å². The number of anilines is 3. The number of benzene rings is 4. The SMILES string of the molecule is NC(=O)c1ccc(N2CCN(C(=O)c3ccccc3)CC2)cc1CN(c1ccccc1)c1ccccc1. The van der Waals surface area contributed by atoms with Crippen molar-refractivity contribution in [2.75, 3.05) is 36.0 Å². The Kier molecular flexibility index (Phi) is 7.17. The van der Waals surface area contributed by atoms with E-state index >= 15 is 0 Å². The maximum Gasteiger partial charge on any atom is 0.253 e. The molecule has 1 heterocycles. The third-order valence-electron chi connectivity index (χ3n) is 6.77. The third-order valence-corrected chi connectivity index (χ3v) is 6.77. The molecule has 0 unspecified atom stereocenters. The van der Waals surface area contributed by atoms with Crippen molar-refractivity contribution in [3.8, 4) is 0 Å². The Morgan fingerprint density at radius 3 is 1.78 bits per heavy atom. The van der Waals surface area contributed by atoms with E-state index < -0.39 is 5.91 Å². The van der Waals surface area contributed by atoms with Crippen molar-refractivity contribution >= 4 is 28.9 Å². The quantitative estimate of drug-likeness (QED) is 0.392. The Bertz CT molecular complexity index is 1310. The molecule has 0 atom stereocenters. The van der Waals surface area contributed by atoms with E-state index in [-0.39, 0.29) is 5.91 Å². The number of rotatable bonds is 7. The average molecular weight is 491 g/mol. The molecule has 1 saturated heterocycles. The summed E-state index contributed by atoms with van der Waals surface area (Å²) in [6.45, 7) is 3.21. The third kappa shape index (κ3) is 5.48. The molecular weight excluding hydrogens is 460 g/mol.